The number of nitrogens with zero attached hydrogens (tertiary/aromatic N) is 1. The molecule has 0 aromatic heterocycles. The maximum absolute atomic E-state index is 11.7. The molecule has 1 heterocycles. The van der Waals surface area contributed by atoms with Gasteiger partial charge in [-0.1, -0.05) is 6.07 Å². The second kappa shape index (κ2) is 4.14. The van der Waals surface area contributed by atoms with Crippen molar-refractivity contribution in [3.05, 3.63) is 23.8 Å². The van der Waals surface area contributed by atoms with Crippen molar-refractivity contribution in [3.63, 3.8) is 0 Å². The number of rotatable bonds is 2. The fourth-order valence-electron chi connectivity index (χ4n) is 1.84. The summed E-state index contributed by atoms with van der Waals surface area (Å²) in [5, 5.41) is 8.87. The third-order valence-corrected chi connectivity index (χ3v) is 2.77. The van der Waals surface area contributed by atoms with Crippen LogP contribution in [0.1, 0.15) is 12.5 Å². The number of likely N-dealkylation sites (N-methyl/N-ethyl adjacent to an activating group) is 1. The lowest BCUT2D eigenvalue weighted by Gasteiger charge is -2.30. The molecule has 86 valence electrons. The first kappa shape index (κ1) is 11.0. The van der Waals surface area contributed by atoms with Gasteiger partial charge in [0.15, 0.2) is 6.10 Å². The second-order valence-corrected chi connectivity index (χ2v) is 3.93. The fraction of sp³-hybridized carbons (Fsp3) is 0.417. The molecule has 1 amide bonds. The van der Waals surface area contributed by atoms with E-state index >= 15 is 0 Å². The second-order valence-electron chi connectivity index (χ2n) is 3.93. The van der Waals surface area contributed by atoms with Gasteiger partial charge < -0.3 is 14.7 Å². The van der Waals surface area contributed by atoms with E-state index in [0.717, 1.165) is 17.0 Å². The number of hydrogen-bond donors (Lipinski definition) is 1. The van der Waals surface area contributed by atoms with Gasteiger partial charge in [-0.3, -0.25) is 4.79 Å². The van der Waals surface area contributed by atoms with Crippen LogP contribution >= 0.6 is 0 Å². The van der Waals surface area contributed by atoms with Gasteiger partial charge in [0.25, 0.3) is 5.91 Å². The lowest BCUT2D eigenvalue weighted by atomic mass is 10.1. The van der Waals surface area contributed by atoms with Crippen molar-refractivity contribution in [1.29, 1.82) is 0 Å². The number of hydrogen-bond acceptors (Lipinski definition) is 3. The molecule has 4 heteroatoms. The SMILES string of the molecule is CC1Oc2ccc(CCO)cc2N(C)C1=O. The van der Waals surface area contributed by atoms with Crippen LogP contribution in [0.5, 0.6) is 5.75 Å². The molecule has 16 heavy (non-hydrogen) atoms. The lowest BCUT2D eigenvalue weighted by molar-refractivity contribution is -0.125. The average Bonchev–Trinajstić information content (AvgIpc) is 2.28. The zero-order valence-corrected chi connectivity index (χ0v) is 9.43. The van der Waals surface area contributed by atoms with Crippen molar-refractivity contribution in [1.82, 2.24) is 0 Å². The van der Waals surface area contributed by atoms with Gasteiger partial charge in [-0.15, -0.1) is 0 Å². The Bertz CT molecular complexity index is 417. The quantitative estimate of drug-likeness (QED) is 0.809. The van der Waals surface area contributed by atoms with E-state index < -0.39 is 6.10 Å². The van der Waals surface area contributed by atoms with Crippen molar-refractivity contribution in [2.45, 2.75) is 19.4 Å². The summed E-state index contributed by atoms with van der Waals surface area (Å²) in [5.41, 5.74) is 1.77. The van der Waals surface area contributed by atoms with E-state index in [-0.39, 0.29) is 12.5 Å². The first-order valence-electron chi connectivity index (χ1n) is 5.31. The van der Waals surface area contributed by atoms with E-state index in [1.807, 2.05) is 18.2 Å². The van der Waals surface area contributed by atoms with Gasteiger partial charge in [-0.2, -0.15) is 0 Å². The van der Waals surface area contributed by atoms with Crippen LogP contribution in [0, 0.1) is 0 Å². The molecule has 2 rings (SSSR count). The van der Waals surface area contributed by atoms with Crippen LogP contribution in [0.3, 0.4) is 0 Å². The molecule has 0 fully saturated rings. The number of carbonyl (C=O) groups is 1. The van der Waals surface area contributed by atoms with Gasteiger partial charge in [-0.25, -0.2) is 0 Å². The fourth-order valence-corrected chi connectivity index (χ4v) is 1.84. The normalized spacial score (nSPS) is 19.3. The Hall–Kier alpha value is -1.55. The van der Waals surface area contributed by atoms with Crippen LogP contribution in [0.4, 0.5) is 5.69 Å². The molecule has 4 nitrogen and oxygen atoms in total. The van der Waals surface area contributed by atoms with Gasteiger partial charge in [0, 0.05) is 13.7 Å². The molecule has 1 aromatic rings. The first-order valence-corrected chi connectivity index (χ1v) is 5.31. The molecule has 0 aliphatic carbocycles. The number of carbonyl (C=O) groups excluding carboxylic acids is 1. The number of amides is 1. The summed E-state index contributed by atoms with van der Waals surface area (Å²) in [7, 11) is 1.74. The van der Waals surface area contributed by atoms with Gasteiger partial charge in [0.1, 0.15) is 5.75 Å². The van der Waals surface area contributed by atoms with E-state index in [9.17, 15) is 4.79 Å². The van der Waals surface area contributed by atoms with Crippen LogP contribution in [0.15, 0.2) is 18.2 Å². The third-order valence-electron chi connectivity index (χ3n) is 2.77. The number of aliphatic hydroxyl groups excluding tert-OH is 1. The Labute approximate surface area is 94.4 Å². The molecular formula is C12H15NO3. The molecule has 0 saturated heterocycles. The summed E-state index contributed by atoms with van der Waals surface area (Å²) in [6.45, 7) is 1.84. The molecule has 1 N–H and O–H groups in total. The smallest absolute Gasteiger partial charge is 0.267 e. The summed E-state index contributed by atoms with van der Waals surface area (Å²) in [4.78, 5) is 13.3. The Kier molecular flexibility index (Phi) is 2.83. The molecule has 1 aliphatic heterocycles. The minimum atomic E-state index is -0.429. The Morgan fingerprint density at radius 2 is 2.25 bits per heavy atom. The molecule has 1 aromatic carbocycles. The van der Waals surface area contributed by atoms with E-state index in [1.165, 1.54) is 0 Å². The first-order chi connectivity index (χ1) is 7.63. The molecule has 1 aliphatic rings. The monoisotopic (exact) mass is 221 g/mol. The highest BCUT2D eigenvalue weighted by Crippen LogP contribution is 2.33. The summed E-state index contributed by atoms with van der Waals surface area (Å²) < 4.78 is 5.49. The van der Waals surface area contributed by atoms with E-state index in [0.29, 0.717) is 6.42 Å². The molecule has 1 atom stereocenters. The average molecular weight is 221 g/mol. The van der Waals surface area contributed by atoms with E-state index in [4.69, 9.17) is 9.84 Å². The molecule has 0 bridgehead atoms. The minimum Gasteiger partial charge on any atom is -0.479 e. The largest absolute Gasteiger partial charge is 0.479 e. The van der Waals surface area contributed by atoms with Crippen LogP contribution in [-0.4, -0.2) is 30.8 Å². The predicted molar refractivity (Wildman–Crippen MR) is 60.7 cm³/mol. The Balaban J connectivity index is 2.38. The van der Waals surface area contributed by atoms with Gasteiger partial charge in [0.05, 0.1) is 5.69 Å². The summed E-state index contributed by atoms with van der Waals surface area (Å²) >= 11 is 0. The van der Waals surface area contributed by atoms with Crippen LogP contribution < -0.4 is 9.64 Å². The zero-order valence-electron chi connectivity index (χ0n) is 9.43. The number of anilines is 1. The number of benzene rings is 1. The highest BCUT2D eigenvalue weighted by molar-refractivity contribution is 5.99. The molecular weight excluding hydrogens is 206 g/mol. The number of aliphatic hydroxyl groups is 1. The van der Waals surface area contributed by atoms with Crippen molar-refractivity contribution in [3.8, 4) is 5.75 Å². The minimum absolute atomic E-state index is 0.0475. The zero-order chi connectivity index (χ0) is 11.7. The topological polar surface area (TPSA) is 49.8 Å². The van der Waals surface area contributed by atoms with Crippen LogP contribution in [0.2, 0.25) is 0 Å². The van der Waals surface area contributed by atoms with E-state index in [2.05, 4.69) is 0 Å². The van der Waals surface area contributed by atoms with Crippen molar-refractivity contribution in [2.75, 3.05) is 18.6 Å². The summed E-state index contributed by atoms with van der Waals surface area (Å²) in [6.07, 6.45) is 0.159. The molecule has 0 spiro atoms. The highest BCUT2D eigenvalue weighted by atomic mass is 16.5. The number of fused-ring (bicyclic) bond motifs is 1. The van der Waals surface area contributed by atoms with Crippen molar-refractivity contribution < 1.29 is 14.6 Å². The molecule has 0 radical (unpaired) electrons. The molecule has 1 unspecified atom stereocenters. The maximum Gasteiger partial charge on any atom is 0.267 e. The van der Waals surface area contributed by atoms with Crippen LogP contribution in [-0.2, 0) is 11.2 Å². The number of ether oxygens (including phenoxy) is 1. The van der Waals surface area contributed by atoms with Crippen molar-refractivity contribution in [2.24, 2.45) is 0 Å². The summed E-state index contributed by atoms with van der Waals surface area (Å²) in [5.74, 6) is 0.671. The standard InChI is InChI=1S/C12H15NO3/c1-8-12(15)13(2)10-7-9(5-6-14)3-4-11(10)16-8/h3-4,7-8,14H,5-6H2,1-2H3. The van der Waals surface area contributed by atoms with Gasteiger partial charge >= 0.3 is 0 Å². The van der Waals surface area contributed by atoms with E-state index in [1.54, 1.807) is 18.9 Å². The van der Waals surface area contributed by atoms with Crippen molar-refractivity contribution >= 4 is 11.6 Å². The Morgan fingerprint density at radius 1 is 1.50 bits per heavy atom. The maximum atomic E-state index is 11.7. The highest BCUT2D eigenvalue weighted by Gasteiger charge is 2.28. The Morgan fingerprint density at radius 3 is 2.94 bits per heavy atom. The van der Waals surface area contributed by atoms with Crippen LogP contribution in [0.25, 0.3) is 0 Å². The van der Waals surface area contributed by atoms with Gasteiger partial charge in [0.2, 0.25) is 0 Å². The predicted octanol–water partition coefficient (Wildman–Crippen LogP) is 0.965. The van der Waals surface area contributed by atoms with Gasteiger partial charge in [-0.05, 0) is 31.0 Å². The third kappa shape index (κ3) is 1.76. The lowest BCUT2D eigenvalue weighted by Crippen LogP contribution is -2.42. The molecule has 0 saturated carbocycles. The summed E-state index contributed by atoms with van der Waals surface area (Å²) in [6, 6.07) is 5.64.